The Morgan fingerprint density at radius 3 is 2.62 bits per heavy atom. The van der Waals surface area contributed by atoms with Crippen LogP contribution in [0.15, 0.2) is 30.3 Å². The zero-order valence-electron chi connectivity index (χ0n) is 12.4. The van der Waals surface area contributed by atoms with Crippen molar-refractivity contribution in [3.05, 3.63) is 35.9 Å². The summed E-state index contributed by atoms with van der Waals surface area (Å²) >= 11 is 0. The Morgan fingerprint density at radius 2 is 1.95 bits per heavy atom. The van der Waals surface area contributed by atoms with Crippen LogP contribution in [0.1, 0.15) is 31.7 Å². The van der Waals surface area contributed by atoms with Crippen LogP contribution in [0, 0.1) is 5.92 Å². The van der Waals surface area contributed by atoms with Gasteiger partial charge >= 0.3 is 5.97 Å². The molecule has 2 N–H and O–H groups in total. The van der Waals surface area contributed by atoms with Crippen molar-refractivity contribution in [2.75, 3.05) is 13.2 Å². The van der Waals surface area contributed by atoms with Crippen LogP contribution in [0.2, 0.25) is 0 Å². The maximum absolute atomic E-state index is 11.5. The topological polar surface area (TPSA) is 75.6 Å². The number of nitrogens with one attached hydrogen (secondary N) is 1. The number of carboxylic acid groups (broad SMARTS) is 1. The minimum absolute atomic E-state index is 0.0214. The molecule has 1 aromatic carbocycles. The number of hydrogen-bond acceptors (Lipinski definition) is 3. The first-order valence-electron chi connectivity index (χ1n) is 7.18. The number of carbonyl (C=O) groups excluding carboxylic acids is 1. The van der Waals surface area contributed by atoms with Gasteiger partial charge < -0.3 is 15.2 Å². The number of amides is 1. The van der Waals surface area contributed by atoms with Gasteiger partial charge in [-0.1, -0.05) is 37.3 Å². The van der Waals surface area contributed by atoms with Crippen molar-refractivity contribution in [1.29, 1.82) is 0 Å². The number of benzene rings is 1. The van der Waals surface area contributed by atoms with Crippen LogP contribution in [-0.4, -0.2) is 30.1 Å². The Kier molecular flexibility index (Phi) is 8.12. The van der Waals surface area contributed by atoms with Gasteiger partial charge in [-0.15, -0.1) is 0 Å². The van der Waals surface area contributed by atoms with E-state index in [1.165, 1.54) is 0 Å². The third-order valence-corrected chi connectivity index (χ3v) is 2.96. The van der Waals surface area contributed by atoms with E-state index in [1.54, 1.807) is 6.92 Å². The van der Waals surface area contributed by atoms with Gasteiger partial charge in [-0.25, -0.2) is 0 Å². The standard InChI is InChI=1S/C16H23NO4/c1-13(11-16(19)20)10-15(18)17-8-5-9-21-12-14-6-3-2-4-7-14/h2-4,6-7,13H,5,8-12H2,1H3,(H,17,18)(H,19,20). The highest BCUT2D eigenvalue weighted by Crippen LogP contribution is 2.06. The zero-order valence-corrected chi connectivity index (χ0v) is 12.4. The molecule has 116 valence electrons. The lowest BCUT2D eigenvalue weighted by Gasteiger charge is -2.09. The molecule has 1 amide bonds. The minimum atomic E-state index is -0.871. The fraction of sp³-hybridized carbons (Fsp3) is 0.500. The smallest absolute Gasteiger partial charge is 0.303 e. The van der Waals surface area contributed by atoms with E-state index in [9.17, 15) is 9.59 Å². The fourth-order valence-corrected chi connectivity index (χ4v) is 1.93. The summed E-state index contributed by atoms with van der Waals surface area (Å²) in [4.78, 5) is 22.0. The van der Waals surface area contributed by atoms with E-state index in [1.807, 2.05) is 30.3 Å². The molecule has 1 aromatic rings. The van der Waals surface area contributed by atoms with Crippen LogP contribution in [0.4, 0.5) is 0 Å². The van der Waals surface area contributed by atoms with Crippen molar-refractivity contribution >= 4 is 11.9 Å². The Labute approximate surface area is 125 Å². The number of ether oxygens (including phenoxy) is 1. The SMILES string of the molecule is CC(CC(=O)O)CC(=O)NCCCOCc1ccccc1. The lowest BCUT2D eigenvalue weighted by Crippen LogP contribution is -2.27. The summed E-state index contributed by atoms with van der Waals surface area (Å²) in [5.41, 5.74) is 1.13. The molecule has 0 heterocycles. The Hall–Kier alpha value is -1.88. The molecule has 1 atom stereocenters. The van der Waals surface area contributed by atoms with Crippen LogP contribution in [0.5, 0.6) is 0 Å². The van der Waals surface area contributed by atoms with E-state index >= 15 is 0 Å². The van der Waals surface area contributed by atoms with E-state index in [0.29, 0.717) is 19.8 Å². The van der Waals surface area contributed by atoms with Gasteiger partial charge in [0, 0.05) is 26.0 Å². The first-order valence-corrected chi connectivity index (χ1v) is 7.18. The summed E-state index contributed by atoms with van der Waals surface area (Å²) in [7, 11) is 0. The molecule has 0 aliphatic heterocycles. The summed E-state index contributed by atoms with van der Waals surface area (Å²) in [5, 5.41) is 11.4. The molecular formula is C16H23NO4. The number of carbonyl (C=O) groups is 2. The molecule has 0 saturated heterocycles. The molecule has 0 aliphatic carbocycles. The highest BCUT2D eigenvalue weighted by Gasteiger charge is 2.11. The van der Waals surface area contributed by atoms with E-state index in [0.717, 1.165) is 12.0 Å². The third kappa shape index (κ3) is 8.81. The molecule has 1 unspecified atom stereocenters. The molecule has 0 aromatic heterocycles. The summed E-state index contributed by atoms with van der Waals surface area (Å²) in [6.45, 7) is 3.47. The number of hydrogen-bond donors (Lipinski definition) is 2. The number of aliphatic carboxylic acids is 1. The number of carboxylic acids is 1. The molecule has 0 spiro atoms. The fourth-order valence-electron chi connectivity index (χ4n) is 1.93. The Balaban J connectivity index is 2.01. The maximum Gasteiger partial charge on any atom is 0.303 e. The predicted octanol–water partition coefficient (Wildman–Crippen LogP) is 2.21. The van der Waals surface area contributed by atoms with Gasteiger partial charge in [0.25, 0.3) is 0 Å². The second-order valence-electron chi connectivity index (χ2n) is 5.15. The molecule has 0 aliphatic rings. The van der Waals surface area contributed by atoms with Crippen LogP contribution >= 0.6 is 0 Å². The molecule has 1 rings (SSSR count). The molecular weight excluding hydrogens is 270 g/mol. The zero-order chi connectivity index (χ0) is 15.5. The number of rotatable bonds is 10. The van der Waals surface area contributed by atoms with E-state index in [2.05, 4.69) is 5.32 Å². The van der Waals surface area contributed by atoms with Crippen LogP contribution in [-0.2, 0) is 20.9 Å². The second-order valence-corrected chi connectivity index (χ2v) is 5.15. The molecule has 21 heavy (non-hydrogen) atoms. The monoisotopic (exact) mass is 293 g/mol. The van der Waals surface area contributed by atoms with Gasteiger partial charge in [0.15, 0.2) is 0 Å². The van der Waals surface area contributed by atoms with Gasteiger partial charge in [-0.3, -0.25) is 9.59 Å². The van der Waals surface area contributed by atoms with E-state index < -0.39 is 5.97 Å². The minimum Gasteiger partial charge on any atom is -0.481 e. The van der Waals surface area contributed by atoms with Crippen molar-refractivity contribution in [3.8, 4) is 0 Å². The average Bonchev–Trinajstić information content (AvgIpc) is 2.42. The highest BCUT2D eigenvalue weighted by atomic mass is 16.5. The first-order chi connectivity index (χ1) is 10.1. The Morgan fingerprint density at radius 1 is 1.24 bits per heavy atom. The molecule has 0 fully saturated rings. The lowest BCUT2D eigenvalue weighted by molar-refractivity contribution is -0.138. The average molecular weight is 293 g/mol. The summed E-state index contributed by atoms with van der Waals surface area (Å²) in [6.07, 6.45) is 1.01. The van der Waals surface area contributed by atoms with Crippen molar-refractivity contribution in [3.63, 3.8) is 0 Å². The normalized spacial score (nSPS) is 11.9. The molecule has 5 heteroatoms. The van der Waals surface area contributed by atoms with Crippen molar-refractivity contribution in [1.82, 2.24) is 5.32 Å². The molecule has 0 saturated carbocycles. The third-order valence-electron chi connectivity index (χ3n) is 2.96. The van der Waals surface area contributed by atoms with Crippen LogP contribution < -0.4 is 5.32 Å². The van der Waals surface area contributed by atoms with Crippen molar-refractivity contribution < 1.29 is 19.4 Å². The van der Waals surface area contributed by atoms with Crippen molar-refractivity contribution in [2.24, 2.45) is 5.92 Å². The van der Waals surface area contributed by atoms with Gasteiger partial charge in [0.05, 0.1) is 6.61 Å². The first kappa shape index (κ1) is 17.2. The van der Waals surface area contributed by atoms with Crippen LogP contribution in [0.3, 0.4) is 0 Å². The van der Waals surface area contributed by atoms with Gasteiger partial charge in [-0.2, -0.15) is 0 Å². The van der Waals surface area contributed by atoms with Crippen molar-refractivity contribution in [2.45, 2.75) is 32.8 Å². The highest BCUT2D eigenvalue weighted by molar-refractivity contribution is 5.77. The molecule has 0 radical (unpaired) electrons. The van der Waals surface area contributed by atoms with Gasteiger partial charge in [0.2, 0.25) is 5.91 Å². The van der Waals surface area contributed by atoms with Crippen LogP contribution in [0.25, 0.3) is 0 Å². The van der Waals surface area contributed by atoms with Gasteiger partial charge in [0.1, 0.15) is 0 Å². The quantitative estimate of drug-likeness (QED) is 0.649. The predicted molar refractivity (Wildman–Crippen MR) is 79.8 cm³/mol. The van der Waals surface area contributed by atoms with E-state index in [-0.39, 0.29) is 24.7 Å². The molecule has 0 bridgehead atoms. The van der Waals surface area contributed by atoms with E-state index in [4.69, 9.17) is 9.84 Å². The summed E-state index contributed by atoms with van der Waals surface area (Å²) in [6, 6.07) is 9.91. The second kappa shape index (κ2) is 9.94. The molecule has 5 nitrogen and oxygen atoms in total. The van der Waals surface area contributed by atoms with Gasteiger partial charge in [-0.05, 0) is 17.9 Å². The summed E-state index contributed by atoms with van der Waals surface area (Å²) in [5.74, 6) is -1.12. The Bertz CT molecular complexity index is 433. The lowest BCUT2D eigenvalue weighted by atomic mass is 10.0. The largest absolute Gasteiger partial charge is 0.481 e. The summed E-state index contributed by atoms with van der Waals surface area (Å²) < 4.78 is 5.51. The maximum atomic E-state index is 11.5.